The number of hydrogen-bond acceptors (Lipinski definition) is 2. The van der Waals surface area contributed by atoms with Gasteiger partial charge in [0.25, 0.3) is 0 Å². The second-order valence-electron chi connectivity index (χ2n) is 2.02. The van der Waals surface area contributed by atoms with E-state index in [0.29, 0.717) is 9.28 Å². The van der Waals surface area contributed by atoms with Crippen molar-refractivity contribution < 1.29 is 8.85 Å². The Morgan fingerprint density at radius 2 is 1.75 bits per heavy atom. The van der Waals surface area contributed by atoms with Crippen LogP contribution in [0.1, 0.15) is 0 Å². The third-order valence-corrected chi connectivity index (χ3v) is 5.27. The van der Waals surface area contributed by atoms with Crippen LogP contribution in [0.25, 0.3) is 0 Å². The molecule has 0 heterocycles. The van der Waals surface area contributed by atoms with Gasteiger partial charge in [-0.05, 0) is 13.1 Å². The molecule has 0 saturated heterocycles. The van der Waals surface area contributed by atoms with Gasteiger partial charge in [0, 0.05) is 14.2 Å². The van der Waals surface area contributed by atoms with Crippen LogP contribution in [0.2, 0.25) is 13.1 Å². The van der Waals surface area contributed by atoms with Crippen molar-refractivity contribution in [3.05, 3.63) is 0 Å². The maximum absolute atomic E-state index is 5.20. The fourth-order valence-corrected chi connectivity index (χ4v) is 2.59. The van der Waals surface area contributed by atoms with Crippen molar-refractivity contribution in [2.45, 2.75) is 13.1 Å². The summed E-state index contributed by atoms with van der Waals surface area (Å²) in [6, 6.07) is 0. The molecule has 0 aromatic heterocycles. The second kappa shape index (κ2) is 3.39. The van der Waals surface area contributed by atoms with Crippen molar-refractivity contribution in [2.24, 2.45) is 0 Å². The molecule has 0 N–H and O–H groups in total. The Hall–Kier alpha value is 0.354. The molecule has 2 nitrogen and oxygen atoms in total. The largest absolute Gasteiger partial charge is 0.421 e. The maximum atomic E-state index is 5.20. The van der Waals surface area contributed by atoms with Crippen LogP contribution in [-0.4, -0.2) is 31.3 Å². The zero-order valence-corrected chi connectivity index (χ0v) is 7.82. The van der Waals surface area contributed by atoms with Crippen molar-refractivity contribution in [1.29, 1.82) is 0 Å². The topological polar surface area (TPSA) is 18.5 Å². The van der Waals surface area contributed by atoms with Gasteiger partial charge in [-0.15, -0.1) is 0 Å². The van der Waals surface area contributed by atoms with Gasteiger partial charge in [0.2, 0.25) is 17.1 Å². The summed E-state index contributed by atoms with van der Waals surface area (Å²) in [5.74, 6) is 0. The molecule has 0 spiro atoms. The molecular formula is C4H12O2Si2. The average Bonchev–Trinajstić information content (AvgIpc) is 1.67. The Bertz CT molecular complexity index is 65.1. The molecule has 0 aromatic rings. The van der Waals surface area contributed by atoms with Crippen LogP contribution in [0, 0.1) is 0 Å². The van der Waals surface area contributed by atoms with Crippen LogP contribution in [0.4, 0.5) is 0 Å². The molecule has 0 aromatic carbocycles. The Kier molecular flexibility index (Phi) is 3.54. The average molecular weight is 148 g/mol. The first-order valence-corrected chi connectivity index (χ1v) is 7.29. The molecule has 0 aliphatic carbocycles. The van der Waals surface area contributed by atoms with E-state index in [2.05, 4.69) is 13.1 Å². The first-order valence-electron chi connectivity index (χ1n) is 2.47. The van der Waals surface area contributed by atoms with Gasteiger partial charge in [0.1, 0.15) is 0 Å². The van der Waals surface area contributed by atoms with Crippen molar-refractivity contribution >= 4 is 17.1 Å². The highest BCUT2D eigenvalue weighted by atomic mass is 29.2. The van der Waals surface area contributed by atoms with E-state index in [1.165, 1.54) is 0 Å². The van der Waals surface area contributed by atoms with Gasteiger partial charge in [0.15, 0.2) is 0 Å². The summed E-state index contributed by atoms with van der Waals surface area (Å²) in [6.07, 6.45) is 0. The molecule has 0 saturated carbocycles. The predicted molar refractivity (Wildman–Crippen MR) is 37.3 cm³/mol. The van der Waals surface area contributed by atoms with Gasteiger partial charge in [-0.1, -0.05) is 0 Å². The summed E-state index contributed by atoms with van der Waals surface area (Å²) in [5, 5.41) is 0. The summed E-state index contributed by atoms with van der Waals surface area (Å²) in [6.45, 7) is 4.27. The first kappa shape index (κ1) is 8.35. The van der Waals surface area contributed by atoms with Crippen molar-refractivity contribution in [2.75, 3.05) is 14.2 Å². The molecule has 8 heavy (non-hydrogen) atoms. The third-order valence-electron chi connectivity index (χ3n) is 0.858. The highest BCUT2D eigenvalue weighted by Gasteiger charge is 2.22. The van der Waals surface area contributed by atoms with Crippen LogP contribution >= 0.6 is 0 Å². The van der Waals surface area contributed by atoms with E-state index >= 15 is 0 Å². The van der Waals surface area contributed by atoms with E-state index < -0.39 is 7.83 Å². The summed E-state index contributed by atoms with van der Waals surface area (Å²) in [5.41, 5.74) is 0. The van der Waals surface area contributed by atoms with Crippen molar-refractivity contribution in [3.8, 4) is 0 Å². The van der Waals surface area contributed by atoms with E-state index in [1.807, 2.05) is 0 Å². The molecule has 48 valence electrons. The molecule has 0 atom stereocenters. The van der Waals surface area contributed by atoms with Crippen LogP contribution in [0.15, 0.2) is 0 Å². The molecule has 0 aliphatic heterocycles. The predicted octanol–water partition coefficient (Wildman–Crippen LogP) is 0.600. The standard InChI is InChI=1S/C4H12O2Si2/c1-5-7-8(3,4)6-2/h1-4H3. The lowest BCUT2D eigenvalue weighted by molar-refractivity contribution is 0.399. The number of hydrogen-bond donors (Lipinski definition) is 0. The van der Waals surface area contributed by atoms with Gasteiger partial charge in [0.05, 0.1) is 0 Å². The van der Waals surface area contributed by atoms with E-state index in [9.17, 15) is 0 Å². The van der Waals surface area contributed by atoms with Crippen LogP contribution in [-0.2, 0) is 8.85 Å². The molecule has 0 bridgehead atoms. The van der Waals surface area contributed by atoms with Gasteiger partial charge < -0.3 is 8.85 Å². The van der Waals surface area contributed by atoms with Gasteiger partial charge >= 0.3 is 0 Å². The third kappa shape index (κ3) is 3.37. The van der Waals surface area contributed by atoms with Crippen LogP contribution in [0.5, 0.6) is 0 Å². The SMILES string of the molecule is CO[Si][Si](C)(C)OC. The highest BCUT2D eigenvalue weighted by Crippen LogP contribution is 1.98. The number of rotatable bonds is 3. The Morgan fingerprint density at radius 3 is 1.88 bits per heavy atom. The lowest BCUT2D eigenvalue weighted by atomic mass is 11.8. The fourth-order valence-electron chi connectivity index (χ4n) is 0.287. The highest BCUT2D eigenvalue weighted by molar-refractivity contribution is 7.17. The molecule has 0 unspecified atom stereocenters. The zero-order chi connectivity index (χ0) is 6.62. The van der Waals surface area contributed by atoms with E-state index in [0.717, 1.165) is 0 Å². The smallest absolute Gasteiger partial charge is 0.247 e. The molecule has 0 fully saturated rings. The Balaban J connectivity index is 3.37. The minimum absolute atomic E-state index is 0.558. The molecular weight excluding hydrogens is 136 g/mol. The minimum Gasteiger partial charge on any atom is -0.421 e. The van der Waals surface area contributed by atoms with Gasteiger partial charge in [-0.25, -0.2) is 0 Å². The molecule has 4 heteroatoms. The minimum atomic E-state index is -1.37. The summed E-state index contributed by atoms with van der Waals surface area (Å²) in [7, 11) is 2.65. The van der Waals surface area contributed by atoms with E-state index in [-0.39, 0.29) is 0 Å². The summed E-state index contributed by atoms with van der Waals surface area (Å²) in [4.78, 5) is 0. The van der Waals surface area contributed by atoms with Crippen LogP contribution in [0.3, 0.4) is 0 Å². The summed E-state index contributed by atoms with van der Waals surface area (Å²) < 4.78 is 10.2. The second-order valence-corrected chi connectivity index (χ2v) is 10.3. The lowest BCUT2D eigenvalue weighted by Crippen LogP contribution is -2.38. The van der Waals surface area contributed by atoms with E-state index in [4.69, 9.17) is 8.85 Å². The molecule has 0 rings (SSSR count). The maximum Gasteiger partial charge on any atom is 0.247 e. The van der Waals surface area contributed by atoms with E-state index in [1.54, 1.807) is 14.2 Å². The van der Waals surface area contributed by atoms with Gasteiger partial charge in [-0.2, -0.15) is 0 Å². The van der Waals surface area contributed by atoms with Gasteiger partial charge in [-0.3, -0.25) is 0 Å². The fraction of sp³-hybridized carbons (Fsp3) is 1.00. The summed E-state index contributed by atoms with van der Waals surface area (Å²) >= 11 is 0. The lowest BCUT2D eigenvalue weighted by Gasteiger charge is -2.15. The first-order chi connectivity index (χ1) is 3.62. The Labute approximate surface area is 54.1 Å². The zero-order valence-electron chi connectivity index (χ0n) is 5.82. The quantitative estimate of drug-likeness (QED) is 0.546. The van der Waals surface area contributed by atoms with Crippen molar-refractivity contribution in [3.63, 3.8) is 0 Å². The van der Waals surface area contributed by atoms with Crippen LogP contribution < -0.4 is 0 Å². The Morgan fingerprint density at radius 1 is 1.25 bits per heavy atom. The normalized spacial score (nSPS) is 12.0. The molecule has 0 amide bonds. The molecule has 2 radical (unpaired) electrons. The van der Waals surface area contributed by atoms with Crippen molar-refractivity contribution in [1.82, 2.24) is 0 Å². The monoisotopic (exact) mass is 148 g/mol. The molecule has 0 aliphatic rings.